The number of nitrogens with one attached hydrogen (secondary N) is 1. The monoisotopic (exact) mass is 378 g/mol. The van der Waals surface area contributed by atoms with Crippen molar-refractivity contribution in [3.8, 4) is 0 Å². The fourth-order valence-corrected chi connectivity index (χ4v) is 3.67. The van der Waals surface area contributed by atoms with Crippen LogP contribution in [0.5, 0.6) is 0 Å². The summed E-state index contributed by atoms with van der Waals surface area (Å²) < 4.78 is 27.5. The molecular formula is C23H20F2N2O. The average molecular weight is 378 g/mol. The zero-order valence-corrected chi connectivity index (χ0v) is 15.5. The maximum Gasteiger partial charge on any atom is 0.322 e. The number of aryl methyl sites for hydroxylation is 1. The van der Waals surface area contributed by atoms with Crippen LogP contribution in [0.4, 0.5) is 19.3 Å². The molecule has 0 bridgehead atoms. The molecule has 0 saturated carbocycles. The molecule has 1 heterocycles. The van der Waals surface area contributed by atoms with Gasteiger partial charge >= 0.3 is 6.03 Å². The highest BCUT2D eigenvalue weighted by molar-refractivity contribution is 5.90. The van der Waals surface area contributed by atoms with Crippen LogP contribution in [0.25, 0.3) is 0 Å². The Hall–Kier alpha value is -3.21. The number of nitrogens with zero attached hydrogens (tertiary/aromatic N) is 1. The SMILES string of the molecule is Cc1ccc(C2c3ccccc3CCN2C(=O)Nc2cc(F)ccc2F)cc1. The van der Waals surface area contributed by atoms with Gasteiger partial charge in [-0.3, -0.25) is 0 Å². The molecule has 0 saturated heterocycles. The van der Waals surface area contributed by atoms with Crippen LogP contribution in [0.1, 0.15) is 28.3 Å². The summed E-state index contributed by atoms with van der Waals surface area (Å²) in [6.45, 7) is 2.49. The minimum Gasteiger partial charge on any atom is -0.313 e. The van der Waals surface area contributed by atoms with Gasteiger partial charge in [0.05, 0.1) is 11.7 Å². The maximum atomic E-state index is 14.0. The third-order valence-corrected chi connectivity index (χ3v) is 5.11. The van der Waals surface area contributed by atoms with Crippen LogP contribution in [0.15, 0.2) is 66.7 Å². The molecule has 3 aromatic carbocycles. The molecule has 5 heteroatoms. The third-order valence-electron chi connectivity index (χ3n) is 5.11. The van der Waals surface area contributed by atoms with Gasteiger partial charge < -0.3 is 10.2 Å². The Morgan fingerprint density at radius 1 is 1.04 bits per heavy atom. The molecule has 1 aliphatic heterocycles. The number of fused-ring (bicyclic) bond motifs is 1. The van der Waals surface area contributed by atoms with E-state index < -0.39 is 17.7 Å². The molecule has 0 fully saturated rings. The lowest BCUT2D eigenvalue weighted by Gasteiger charge is -2.37. The predicted molar refractivity (Wildman–Crippen MR) is 105 cm³/mol. The smallest absolute Gasteiger partial charge is 0.313 e. The van der Waals surface area contributed by atoms with Crippen LogP contribution >= 0.6 is 0 Å². The summed E-state index contributed by atoms with van der Waals surface area (Å²) in [6, 6.07) is 18.3. The van der Waals surface area contributed by atoms with Gasteiger partial charge in [0.15, 0.2) is 0 Å². The Morgan fingerprint density at radius 3 is 2.57 bits per heavy atom. The Labute approximate surface area is 162 Å². The van der Waals surface area contributed by atoms with E-state index in [1.807, 2.05) is 49.4 Å². The molecule has 3 nitrogen and oxygen atoms in total. The molecule has 2 amide bonds. The first-order chi connectivity index (χ1) is 13.5. The van der Waals surface area contributed by atoms with E-state index in [9.17, 15) is 13.6 Å². The number of amides is 2. The number of carbonyl (C=O) groups is 1. The number of hydrogen-bond donors (Lipinski definition) is 1. The van der Waals surface area contributed by atoms with Crippen molar-refractivity contribution in [1.82, 2.24) is 4.90 Å². The van der Waals surface area contributed by atoms with Crippen molar-refractivity contribution in [2.45, 2.75) is 19.4 Å². The van der Waals surface area contributed by atoms with Crippen molar-refractivity contribution >= 4 is 11.7 Å². The lowest BCUT2D eigenvalue weighted by atomic mass is 9.88. The van der Waals surface area contributed by atoms with Crippen molar-refractivity contribution < 1.29 is 13.6 Å². The lowest BCUT2D eigenvalue weighted by Crippen LogP contribution is -2.43. The Balaban J connectivity index is 1.71. The molecule has 3 aromatic rings. The molecule has 0 radical (unpaired) electrons. The van der Waals surface area contributed by atoms with Gasteiger partial charge in [0.2, 0.25) is 0 Å². The van der Waals surface area contributed by atoms with Gasteiger partial charge in [-0.2, -0.15) is 0 Å². The molecule has 1 N–H and O–H groups in total. The van der Waals surface area contributed by atoms with E-state index in [2.05, 4.69) is 11.4 Å². The van der Waals surface area contributed by atoms with Gasteiger partial charge in [-0.25, -0.2) is 13.6 Å². The van der Waals surface area contributed by atoms with Crippen molar-refractivity contribution in [3.63, 3.8) is 0 Å². The number of anilines is 1. The highest BCUT2D eigenvalue weighted by Crippen LogP contribution is 2.35. The highest BCUT2D eigenvalue weighted by Gasteiger charge is 2.32. The van der Waals surface area contributed by atoms with Gasteiger partial charge in [-0.05, 0) is 42.2 Å². The molecule has 142 valence electrons. The minimum atomic E-state index is -0.668. The molecule has 1 aliphatic rings. The first kappa shape index (κ1) is 18.2. The highest BCUT2D eigenvalue weighted by atomic mass is 19.1. The summed E-state index contributed by atoms with van der Waals surface area (Å²) >= 11 is 0. The molecule has 1 unspecified atom stereocenters. The topological polar surface area (TPSA) is 32.3 Å². The van der Waals surface area contributed by atoms with Crippen LogP contribution in [0.2, 0.25) is 0 Å². The number of hydrogen-bond acceptors (Lipinski definition) is 1. The van der Waals surface area contributed by atoms with Crippen molar-refractivity contribution in [2.75, 3.05) is 11.9 Å². The van der Waals surface area contributed by atoms with E-state index in [0.29, 0.717) is 13.0 Å². The van der Waals surface area contributed by atoms with Crippen LogP contribution in [-0.2, 0) is 6.42 Å². The lowest BCUT2D eigenvalue weighted by molar-refractivity contribution is 0.194. The van der Waals surface area contributed by atoms with Crippen molar-refractivity contribution in [3.05, 3.63) is 101 Å². The molecule has 0 aliphatic carbocycles. The predicted octanol–water partition coefficient (Wildman–Crippen LogP) is 5.45. The van der Waals surface area contributed by atoms with Crippen LogP contribution in [0, 0.1) is 18.6 Å². The van der Waals surface area contributed by atoms with Gasteiger partial charge in [-0.15, -0.1) is 0 Å². The van der Waals surface area contributed by atoms with E-state index in [-0.39, 0.29) is 11.7 Å². The maximum absolute atomic E-state index is 14.0. The second kappa shape index (κ2) is 7.43. The normalized spacial score (nSPS) is 15.8. The van der Waals surface area contributed by atoms with Crippen molar-refractivity contribution in [1.29, 1.82) is 0 Å². The zero-order valence-electron chi connectivity index (χ0n) is 15.5. The molecular weight excluding hydrogens is 358 g/mol. The third kappa shape index (κ3) is 3.48. The first-order valence-corrected chi connectivity index (χ1v) is 9.20. The number of carbonyl (C=O) groups excluding carboxylic acids is 1. The Bertz CT molecular complexity index is 1020. The van der Waals surface area contributed by atoms with E-state index >= 15 is 0 Å². The molecule has 28 heavy (non-hydrogen) atoms. The van der Waals surface area contributed by atoms with Crippen LogP contribution in [-0.4, -0.2) is 17.5 Å². The summed E-state index contributed by atoms with van der Waals surface area (Å²) in [5.74, 6) is -1.27. The van der Waals surface area contributed by atoms with Gasteiger partial charge in [0.1, 0.15) is 11.6 Å². The largest absolute Gasteiger partial charge is 0.322 e. The number of halogens is 2. The minimum absolute atomic E-state index is 0.161. The van der Waals surface area contributed by atoms with E-state index in [1.54, 1.807) is 4.90 Å². The van der Waals surface area contributed by atoms with Gasteiger partial charge in [0, 0.05) is 12.6 Å². The molecule has 4 rings (SSSR count). The fraction of sp³-hybridized carbons (Fsp3) is 0.174. The summed E-state index contributed by atoms with van der Waals surface area (Å²) in [5.41, 5.74) is 4.19. The fourth-order valence-electron chi connectivity index (χ4n) is 3.67. The van der Waals surface area contributed by atoms with Gasteiger partial charge in [0.25, 0.3) is 0 Å². The Kier molecular flexibility index (Phi) is 4.82. The number of urea groups is 1. The van der Waals surface area contributed by atoms with Crippen LogP contribution < -0.4 is 5.32 Å². The average Bonchev–Trinajstić information content (AvgIpc) is 2.70. The summed E-state index contributed by atoms with van der Waals surface area (Å²) in [5, 5.41) is 2.53. The quantitative estimate of drug-likeness (QED) is 0.632. The molecule has 0 aromatic heterocycles. The van der Waals surface area contributed by atoms with Crippen molar-refractivity contribution in [2.24, 2.45) is 0 Å². The summed E-state index contributed by atoms with van der Waals surface area (Å²) in [7, 11) is 0. The molecule has 0 spiro atoms. The van der Waals surface area contributed by atoms with E-state index in [4.69, 9.17) is 0 Å². The first-order valence-electron chi connectivity index (χ1n) is 9.20. The summed E-state index contributed by atoms with van der Waals surface area (Å²) in [6.07, 6.45) is 0.706. The number of rotatable bonds is 2. The second-order valence-electron chi connectivity index (χ2n) is 7.01. The zero-order chi connectivity index (χ0) is 19.7. The summed E-state index contributed by atoms with van der Waals surface area (Å²) in [4.78, 5) is 14.7. The van der Waals surface area contributed by atoms with Crippen LogP contribution in [0.3, 0.4) is 0 Å². The van der Waals surface area contributed by atoms with E-state index in [0.717, 1.165) is 34.9 Å². The van der Waals surface area contributed by atoms with E-state index in [1.165, 1.54) is 5.56 Å². The van der Waals surface area contributed by atoms with Gasteiger partial charge in [-0.1, -0.05) is 54.1 Å². The standard InChI is InChI=1S/C23H20F2N2O/c1-15-6-8-17(9-7-15)22-19-5-3-2-4-16(19)12-13-27(22)23(28)26-21-14-18(24)10-11-20(21)25/h2-11,14,22H,12-13H2,1H3,(H,26,28). The number of benzene rings is 3. The molecule has 1 atom stereocenters. The Morgan fingerprint density at radius 2 is 1.79 bits per heavy atom. The second-order valence-corrected chi connectivity index (χ2v) is 7.01.